The summed E-state index contributed by atoms with van der Waals surface area (Å²) >= 11 is 0. The smallest absolute Gasteiger partial charge is 0.310 e. The zero-order chi connectivity index (χ0) is 13.7. The molecule has 0 spiro atoms. The second kappa shape index (κ2) is 6.10. The maximum absolute atomic E-state index is 12.8. The summed E-state index contributed by atoms with van der Waals surface area (Å²) in [7, 11) is 0. The molecule has 0 N–H and O–H groups in total. The van der Waals surface area contributed by atoms with E-state index < -0.39 is 12.4 Å². The summed E-state index contributed by atoms with van der Waals surface area (Å²) in [6.07, 6.45) is -2.90. The summed E-state index contributed by atoms with van der Waals surface area (Å²) in [5.74, 6) is -0.528. The molecular formula is C13H13F2NO2. The van der Waals surface area contributed by atoms with Crippen LogP contribution in [0.2, 0.25) is 0 Å². The molecule has 0 radical (unpaired) electrons. The number of nitrogens with zero attached hydrogens (tertiary/aromatic N) is 1. The van der Waals surface area contributed by atoms with Crippen LogP contribution in [0, 0.1) is 18.3 Å². The van der Waals surface area contributed by atoms with Crippen LogP contribution in [0.4, 0.5) is 8.78 Å². The van der Waals surface area contributed by atoms with Crippen LogP contribution in [-0.2, 0) is 16.0 Å². The van der Waals surface area contributed by atoms with Crippen LogP contribution in [-0.4, -0.2) is 12.6 Å². The number of esters is 1. The van der Waals surface area contributed by atoms with Gasteiger partial charge in [-0.3, -0.25) is 4.79 Å². The highest BCUT2D eigenvalue weighted by Gasteiger charge is 2.19. The van der Waals surface area contributed by atoms with Gasteiger partial charge in [0.2, 0.25) is 0 Å². The number of nitriles is 1. The Labute approximate surface area is 104 Å². The number of rotatable bonds is 4. The van der Waals surface area contributed by atoms with Gasteiger partial charge in [-0.2, -0.15) is 5.26 Å². The van der Waals surface area contributed by atoms with E-state index in [1.54, 1.807) is 26.0 Å². The molecule has 0 aromatic heterocycles. The van der Waals surface area contributed by atoms with Gasteiger partial charge in [0.05, 0.1) is 24.7 Å². The van der Waals surface area contributed by atoms with E-state index in [0.29, 0.717) is 5.56 Å². The molecule has 0 heterocycles. The van der Waals surface area contributed by atoms with Gasteiger partial charge < -0.3 is 4.74 Å². The van der Waals surface area contributed by atoms with Gasteiger partial charge in [-0.05, 0) is 25.5 Å². The molecule has 0 fully saturated rings. The maximum Gasteiger partial charge on any atom is 0.310 e. The molecule has 0 atom stereocenters. The second-order valence-electron chi connectivity index (χ2n) is 3.78. The van der Waals surface area contributed by atoms with Crippen LogP contribution in [0.5, 0.6) is 0 Å². The Morgan fingerprint density at radius 1 is 1.50 bits per heavy atom. The first kappa shape index (κ1) is 14.1. The molecule has 1 aromatic carbocycles. The van der Waals surface area contributed by atoms with Gasteiger partial charge in [0.15, 0.2) is 0 Å². The Balaban J connectivity index is 3.18. The standard InChI is InChI=1S/C13H13F2NO2/c1-3-18-12(17)6-9-4-8(2)5-10(13(14)15)11(9)7-16/h4-5,13H,3,6H2,1-2H3. The topological polar surface area (TPSA) is 50.1 Å². The summed E-state index contributed by atoms with van der Waals surface area (Å²) in [5, 5.41) is 8.95. The molecule has 0 amide bonds. The lowest BCUT2D eigenvalue weighted by molar-refractivity contribution is -0.142. The highest BCUT2D eigenvalue weighted by atomic mass is 19.3. The predicted molar refractivity (Wildman–Crippen MR) is 61.2 cm³/mol. The Morgan fingerprint density at radius 3 is 2.67 bits per heavy atom. The van der Waals surface area contributed by atoms with Crippen LogP contribution in [0.15, 0.2) is 12.1 Å². The SMILES string of the molecule is CCOC(=O)Cc1cc(C)cc(C(F)F)c1C#N. The molecule has 0 aliphatic carbocycles. The summed E-state index contributed by atoms with van der Waals surface area (Å²) < 4.78 is 30.3. The summed E-state index contributed by atoms with van der Waals surface area (Å²) in [6.45, 7) is 3.51. The van der Waals surface area contributed by atoms with Crippen LogP contribution in [0.25, 0.3) is 0 Å². The number of halogens is 2. The molecular weight excluding hydrogens is 240 g/mol. The number of alkyl halides is 2. The van der Waals surface area contributed by atoms with Crippen molar-refractivity contribution in [1.29, 1.82) is 5.26 Å². The van der Waals surface area contributed by atoms with Crippen LogP contribution >= 0.6 is 0 Å². The minimum Gasteiger partial charge on any atom is -0.466 e. The number of aryl methyl sites for hydroxylation is 1. The minimum absolute atomic E-state index is 0.136. The van der Waals surface area contributed by atoms with Crippen molar-refractivity contribution in [2.45, 2.75) is 26.7 Å². The molecule has 96 valence electrons. The molecule has 1 aromatic rings. The van der Waals surface area contributed by atoms with E-state index >= 15 is 0 Å². The van der Waals surface area contributed by atoms with E-state index in [9.17, 15) is 13.6 Å². The van der Waals surface area contributed by atoms with Gasteiger partial charge in [-0.1, -0.05) is 11.6 Å². The van der Waals surface area contributed by atoms with Crippen molar-refractivity contribution >= 4 is 5.97 Å². The lowest BCUT2D eigenvalue weighted by Crippen LogP contribution is -2.10. The molecule has 0 unspecified atom stereocenters. The monoisotopic (exact) mass is 253 g/mol. The van der Waals surface area contributed by atoms with E-state index in [1.165, 1.54) is 6.07 Å². The summed E-state index contributed by atoms with van der Waals surface area (Å²) in [5.41, 5.74) is 0.398. The van der Waals surface area contributed by atoms with Gasteiger partial charge in [-0.25, -0.2) is 8.78 Å². The first-order valence-corrected chi connectivity index (χ1v) is 5.46. The van der Waals surface area contributed by atoms with Crippen molar-refractivity contribution in [3.63, 3.8) is 0 Å². The Kier molecular flexibility index (Phi) is 4.78. The lowest BCUT2D eigenvalue weighted by atomic mass is 9.97. The summed E-state index contributed by atoms with van der Waals surface area (Å²) in [4.78, 5) is 11.4. The third-order valence-electron chi connectivity index (χ3n) is 2.38. The third-order valence-corrected chi connectivity index (χ3v) is 2.38. The molecule has 1 rings (SSSR count). The highest BCUT2D eigenvalue weighted by molar-refractivity contribution is 5.74. The largest absolute Gasteiger partial charge is 0.466 e. The van der Waals surface area contributed by atoms with Gasteiger partial charge in [-0.15, -0.1) is 0 Å². The van der Waals surface area contributed by atoms with Gasteiger partial charge in [0.25, 0.3) is 6.43 Å². The zero-order valence-corrected chi connectivity index (χ0v) is 10.2. The van der Waals surface area contributed by atoms with Crippen molar-refractivity contribution in [2.75, 3.05) is 6.61 Å². The normalized spacial score (nSPS) is 10.2. The van der Waals surface area contributed by atoms with Gasteiger partial charge in [0, 0.05) is 5.56 Å². The lowest BCUT2D eigenvalue weighted by Gasteiger charge is -2.10. The van der Waals surface area contributed by atoms with Gasteiger partial charge in [0.1, 0.15) is 0 Å². The van der Waals surface area contributed by atoms with Crippen LogP contribution in [0.1, 0.15) is 35.6 Å². The number of carbonyl (C=O) groups excluding carboxylic acids is 1. The molecule has 0 aliphatic rings. The molecule has 0 aliphatic heterocycles. The Morgan fingerprint density at radius 2 is 2.17 bits per heavy atom. The number of hydrogen-bond donors (Lipinski definition) is 0. The van der Waals surface area contributed by atoms with Crippen LogP contribution in [0.3, 0.4) is 0 Å². The van der Waals surface area contributed by atoms with Crippen molar-refractivity contribution in [2.24, 2.45) is 0 Å². The fraction of sp³-hybridized carbons (Fsp3) is 0.385. The fourth-order valence-electron chi connectivity index (χ4n) is 1.71. The quantitative estimate of drug-likeness (QED) is 0.775. The van der Waals surface area contributed by atoms with Crippen molar-refractivity contribution < 1.29 is 18.3 Å². The van der Waals surface area contributed by atoms with Gasteiger partial charge >= 0.3 is 5.97 Å². The minimum atomic E-state index is -2.74. The number of carbonyl (C=O) groups is 1. The Hall–Kier alpha value is -1.96. The Bertz CT molecular complexity index is 492. The number of hydrogen-bond acceptors (Lipinski definition) is 3. The molecule has 0 saturated carbocycles. The van der Waals surface area contributed by atoms with E-state index in [4.69, 9.17) is 10.00 Å². The molecule has 0 saturated heterocycles. The highest BCUT2D eigenvalue weighted by Crippen LogP contribution is 2.27. The van der Waals surface area contributed by atoms with E-state index in [0.717, 1.165) is 0 Å². The zero-order valence-electron chi connectivity index (χ0n) is 10.2. The summed E-state index contributed by atoms with van der Waals surface area (Å²) in [6, 6.07) is 4.55. The predicted octanol–water partition coefficient (Wildman–Crippen LogP) is 2.91. The van der Waals surface area contributed by atoms with E-state index in [2.05, 4.69) is 0 Å². The number of ether oxygens (including phenoxy) is 1. The fourth-order valence-corrected chi connectivity index (χ4v) is 1.71. The van der Waals surface area contributed by atoms with Crippen molar-refractivity contribution in [3.8, 4) is 6.07 Å². The van der Waals surface area contributed by atoms with Crippen LogP contribution < -0.4 is 0 Å². The van der Waals surface area contributed by atoms with E-state index in [-0.39, 0.29) is 29.7 Å². The number of benzene rings is 1. The molecule has 3 nitrogen and oxygen atoms in total. The third kappa shape index (κ3) is 3.27. The first-order valence-electron chi connectivity index (χ1n) is 5.46. The average molecular weight is 253 g/mol. The average Bonchev–Trinajstić information content (AvgIpc) is 2.28. The molecule has 18 heavy (non-hydrogen) atoms. The molecule has 0 bridgehead atoms. The molecule has 5 heteroatoms. The second-order valence-corrected chi connectivity index (χ2v) is 3.78. The maximum atomic E-state index is 12.8. The van der Waals surface area contributed by atoms with Crippen molar-refractivity contribution in [3.05, 3.63) is 34.4 Å². The first-order chi connectivity index (χ1) is 8.49. The van der Waals surface area contributed by atoms with E-state index in [1.807, 2.05) is 0 Å². The van der Waals surface area contributed by atoms with Crippen molar-refractivity contribution in [1.82, 2.24) is 0 Å².